The van der Waals surface area contributed by atoms with Crippen molar-refractivity contribution in [1.82, 2.24) is 4.90 Å². The first-order chi connectivity index (χ1) is 9.60. The van der Waals surface area contributed by atoms with E-state index in [9.17, 15) is 0 Å². The molecule has 0 bridgehead atoms. The molecule has 3 fully saturated rings. The molecule has 116 valence electrons. The van der Waals surface area contributed by atoms with Gasteiger partial charge >= 0.3 is 0 Å². The molecule has 1 aliphatic carbocycles. The van der Waals surface area contributed by atoms with E-state index in [1.54, 1.807) is 0 Å². The summed E-state index contributed by atoms with van der Waals surface area (Å²) in [6, 6.07) is 0.298. The molecule has 2 N–H and O–H groups in total. The van der Waals surface area contributed by atoms with Crippen molar-refractivity contribution in [2.75, 3.05) is 19.7 Å². The van der Waals surface area contributed by atoms with Gasteiger partial charge in [-0.15, -0.1) is 0 Å². The van der Waals surface area contributed by atoms with Gasteiger partial charge in [-0.25, -0.2) is 0 Å². The number of likely N-dealkylation sites (tertiary alicyclic amines) is 1. The van der Waals surface area contributed by atoms with Crippen LogP contribution in [0.15, 0.2) is 0 Å². The minimum atomic E-state index is 0.184. The molecule has 3 unspecified atom stereocenters. The maximum Gasteiger partial charge on any atom is 0.0685 e. The van der Waals surface area contributed by atoms with Crippen LogP contribution in [-0.2, 0) is 4.74 Å². The molecule has 20 heavy (non-hydrogen) atoms. The largest absolute Gasteiger partial charge is 0.375 e. The fraction of sp³-hybridized carbons (Fsp3) is 1.00. The van der Waals surface area contributed by atoms with Gasteiger partial charge in [0.15, 0.2) is 0 Å². The fourth-order valence-electron chi connectivity index (χ4n) is 4.70. The monoisotopic (exact) mass is 280 g/mol. The van der Waals surface area contributed by atoms with Crippen molar-refractivity contribution in [3.05, 3.63) is 0 Å². The molecular formula is C17H32N2O. The molecule has 3 nitrogen and oxygen atoms in total. The lowest BCUT2D eigenvalue weighted by molar-refractivity contribution is -0.151. The van der Waals surface area contributed by atoms with Gasteiger partial charge in [-0.2, -0.15) is 0 Å². The van der Waals surface area contributed by atoms with Crippen LogP contribution in [0.4, 0.5) is 0 Å². The number of hydrogen-bond donors (Lipinski definition) is 1. The Kier molecular flexibility index (Phi) is 4.13. The van der Waals surface area contributed by atoms with E-state index in [4.69, 9.17) is 10.5 Å². The Bertz CT molecular complexity index is 336. The molecule has 2 aliphatic heterocycles. The van der Waals surface area contributed by atoms with Crippen LogP contribution >= 0.6 is 0 Å². The summed E-state index contributed by atoms with van der Waals surface area (Å²) >= 11 is 0. The molecule has 0 aromatic rings. The van der Waals surface area contributed by atoms with Crippen molar-refractivity contribution in [2.45, 2.75) is 82.4 Å². The van der Waals surface area contributed by atoms with Gasteiger partial charge in [-0.05, 0) is 77.3 Å². The minimum Gasteiger partial charge on any atom is -0.375 e. The zero-order valence-electron chi connectivity index (χ0n) is 13.4. The van der Waals surface area contributed by atoms with Gasteiger partial charge in [-0.3, -0.25) is 4.90 Å². The highest BCUT2D eigenvalue weighted by Crippen LogP contribution is 2.46. The van der Waals surface area contributed by atoms with Crippen LogP contribution in [0.3, 0.4) is 0 Å². The van der Waals surface area contributed by atoms with Crippen LogP contribution in [0.25, 0.3) is 0 Å². The summed E-state index contributed by atoms with van der Waals surface area (Å²) in [7, 11) is 0. The summed E-state index contributed by atoms with van der Waals surface area (Å²) in [5.41, 5.74) is 7.23. The predicted molar refractivity (Wildman–Crippen MR) is 82.7 cm³/mol. The molecule has 0 aromatic carbocycles. The van der Waals surface area contributed by atoms with Gasteiger partial charge < -0.3 is 10.5 Å². The van der Waals surface area contributed by atoms with Gasteiger partial charge in [0.05, 0.1) is 5.60 Å². The number of nitrogens with zero attached hydrogens (tertiary/aromatic N) is 1. The van der Waals surface area contributed by atoms with Crippen molar-refractivity contribution in [3.8, 4) is 0 Å². The van der Waals surface area contributed by atoms with Gasteiger partial charge in [0.1, 0.15) is 0 Å². The van der Waals surface area contributed by atoms with E-state index in [0.717, 1.165) is 13.0 Å². The highest BCUT2D eigenvalue weighted by molar-refractivity contribution is 5.03. The third-order valence-electron chi connectivity index (χ3n) is 6.57. The Balaban J connectivity index is 1.70. The summed E-state index contributed by atoms with van der Waals surface area (Å²) in [6.45, 7) is 8.14. The highest BCUT2D eigenvalue weighted by atomic mass is 16.5. The molecule has 2 heterocycles. The third kappa shape index (κ3) is 2.42. The highest BCUT2D eigenvalue weighted by Gasteiger charge is 2.48. The van der Waals surface area contributed by atoms with E-state index in [0.29, 0.717) is 12.0 Å². The molecule has 3 aliphatic rings. The predicted octanol–water partition coefficient (Wildman–Crippen LogP) is 2.93. The molecular weight excluding hydrogens is 248 g/mol. The van der Waals surface area contributed by atoms with E-state index in [1.165, 1.54) is 58.0 Å². The summed E-state index contributed by atoms with van der Waals surface area (Å²) in [5, 5.41) is 0. The van der Waals surface area contributed by atoms with E-state index < -0.39 is 0 Å². The fourth-order valence-corrected chi connectivity index (χ4v) is 4.70. The topological polar surface area (TPSA) is 38.5 Å². The Labute approximate surface area is 124 Å². The van der Waals surface area contributed by atoms with Crippen LogP contribution in [-0.4, -0.2) is 41.8 Å². The first kappa shape index (κ1) is 14.8. The molecule has 0 radical (unpaired) electrons. The van der Waals surface area contributed by atoms with E-state index in [2.05, 4.69) is 18.7 Å². The number of hydrogen-bond acceptors (Lipinski definition) is 3. The Hall–Kier alpha value is -0.120. The zero-order valence-corrected chi connectivity index (χ0v) is 13.4. The summed E-state index contributed by atoms with van der Waals surface area (Å²) in [6.07, 6.45) is 10.1. The van der Waals surface area contributed by atoms with Crippen LogP contribution in [0.2, 0.25) is 0 Å². The Morgan fingerprint density at radius 3 is 2.55 bits per heavy atom. The average molecular weight is 280 g/mol. The van der Waals surface area contributed by atoms with Crippen molar-refractivity contribution in [3.63, 3.8) is 0 Å². The van der Waals surface area contributed by atoms with E-state index in [-0.39, 0.29) is 11.1 Å². The summed E-state index contributed by atoms with van der Waals surface area (Å²) < 4.78 is 6.08. The van der Waals surface area contributed by atoms with Gasteiger partial charge in [-0.1, -0.05) is 6.92 Å². The van der Waals surface area contributed by atoms with Crippen LogP contribution < -0.4 is 5.73 Å². The first-order valence-corrected chi connectivity index (χ1v) is 8.74. The van der Waals surface area contributed by atoms with Crippen LogP contribution in [0.5, 0.6) is 0 Å². The number of ether oxygens (including phenoxy) is 1. The van der Waals surface area contributed by atoms with E-state index >= 15 is 0 Å². The van der Waals surface area contributed by atoms with Crippen molar-refractivity contribution in [2.24, 2.45) is 11.7 Å². The average Bonchev–Trinajstić information content (AvgIpc) is 2.99. The lowest BCUT2D eigenvalue weighted by atomic mass is 9.67. The maximum absolute atomic E-state index is 6.82. The molecule has 0 aromatic heterocycles. The normalized spacial score (nSPS) is 34.6. The number of rotatable bonds is 4. The third-order valence-corrected chi connectivity index (χ3v) is 6.57. The second-order valence-corrected chi connectivity index (χ2v) is 7.57. The van der Waals surface area contributed by atoms with Crippen molar-refractivity contribution < 1.29 is 4.74 Å². The summed E-state index contributed by atoms with van der Waals surface area (Å²) in [5.74, 6) is 0.648. The first-order valence-electron chi connectivity index (χ1n) is 8.74. The quantitative estimate of drug-likeness (QED) is 0.860. The lowest BCUT2D eigenvalue weighted by Gasteiger charge is -2.52. The van der Waals surface area contributed by atoms with E-state index in [1.807, 2.05) is 0 Å². The van der Waals surface area contributed by atoms with Crippen molar-refractivity contribution in [1.29, 1.82) is 0 Å². The Morgan fingerprint density at radius 1 is 1.30 bits per heavy atom. The second-order valence-electron chi connectivity index (χ2n) is 7.57. The molecule has 3 heteroatoms. The SMILES string of the molecule is CCC(C)(C(N)C1CCOC2(CCC2)C1)N1CCCC1. The molecule has 3 atom stereocenters. The smallest absolute Gasteiger partial charge is 0.0685 e. The van der Waals surface area contributed by atoms with Crippen LogP contribution in [0.1, 0.15) is 65.2 Å². The number of nitrogens with two attached hydrogens (primary N) is 1. The lowest BCUT2D eigenvalue weighted by Crippen LogP contribution is -2.62. The molecule has 1 spiro atoms. The van der Waals surface area contributed by atoms with Gasteiger partial charge in [0.25, 0.3) is 0 Å². The molecule has 2 saturated heterocycles. The second kappa shape index (κ2) is 5.58. The van der Waals surface area contributed by atoms with Gasteiger partial charge in [0.2, 0.25) is 0 Å². The molecule has 0 amide bonds. The standard InChI is InChI=1S/C17H32N2O/c1-3-16(2,19-10-4-5-11-19)15(18)14-7-12-20-17(13-14)8-6-9-17/h14-15H,3-13,18H2,1-2H3. The summed E-state index contributed by atoms with van der Waals surface area (Å²) in [4.78, 5) is 2.67. The van der Waals surface area contributed by atoms with Crippen molar-refractivity contribution >= 4 is 0 Å². The maximum atomic E-state index is 6.82. The van der Waals surface area contributed by atoms with Gasteiger partial charge in [0, 0.05) is 18.2 Å². The zero-order chi connectivity index (χ0) is 14.2. The Morgan fingerprint density at radius 2 is 2.00 bits per heavy atom. The minimum absolute atomic E-state index is 0.184. The van der Waals surface area contributed by atoms with Crippen LogP contribution in [0, 0.1) is 5.92 Å². The molecule has 3 rings (SSSR count). The molecule has 1 saturated carbocycles.